The average molecular weight is 278 g/mol. The average Bonchev–Trinajstić information content (AvgIpc) is 2.86. The fourth-order valence-electron chi connectivity index (χ4n) is 2.59. The molecule has 1 aromatic heterocycles. The summed E-state index contributed by atoms with van der Waals surface area (Å²) in [5.74, 6) is -0.987. The molecule has 6 nitrogen and oxygen atoms in total. The van der Waals surface area contributed by atoms with E-state index in [1.807, 2.05) is 0 Å². The number of carbonyl (C=O) groups excluding carboxylic acids is 1. The Morgan fingerprint density at radius 2 is 2.15 bits per heavy atom. The molecule has 0 saturated heterocycles. The van der Waals surface area contributed by atoms with Gasteiger partial charge in [0, 0.05) is 6.04 Å². The number of esters is 1. The molecule has 0 spiro atoms. The highest BCUT2D eigenvalue weighted by Crippen LogP contribution is 2.28. The fourth-order valence-corrected chi connectivity index (χ4v) is 2.59. The fraction of sp³-hybridized carbons (Fsp3) is 0.500. The molecule has 0 aromatic carbocycles. The van der Waals surface area contributed by atoms with Gasteiger partial charge in [-0.1, -0.05) is 6.42 Å². The summed E-state index contributed by atoms with van der Waals surface area (Å²) in [4.78, 5) is 26.9. The van der Waals surface area contributed by atoms with Gasteiger partial charge in [0.05, 0.1) is 24.3 Å². The summed E-state index contributed by atoms with van der Waals surface area (Å²) in [6.07, 6.45) is 2.40. The van der Waals surface area contributed by atoms with Crippen molar-refractivity contribution in [2.75, 3.05) is 12.4 Å². The summed E-state index contributed by atoms with van der Waals surface area (Å²) in [6.45, 7) is 1.72. The molecule has 2 rings (SSSR count). The predicted molar refractivity (Wildman–Crippen MR) is 72.7 cm³/mol. The number of aliphatic carboxylic acids is 1. The maximum absolute atomic E-state index is 11.5. The molecule has 20 heavy (non-hydrogen) atoms. The van der Waals surface area contributed by atoms with Crippen LogP contribution >= 0.6 is 0 Å². The molecule has 2 N–H and O–H groups in total. The molecule has 2 atom stereocenters. The molecule has 0 radical (unpaired) electrons. The second kappa shape index (κ2) is 5.90. The Labute approximate surface area is 117 Å². The molecule has 0 amide bonds. The van der Waals surface area contributed by atoms with Gasteiger partial charge < -0.3 is 15.2 Å². The molecule has 1 aliphatic rings. The number of carboxylic acids is 1. The van der Waals surface area contributed by atoms with Crippen molar-refractivity contribution < 1.29 is 19.4 Å². The Kier molecular flexibility index (Phi) is 4.22. The lowest BCUT2D eigenvalue weighted by molar-refractivity contribution is -0.141. The predicted octanol–water partition coefficient (Wildman–Crippen LogP) is 1.84. The molecule has 1 heterocycles. The SMILES string of the molecule is COC(=O)c1ccc(NC2CCCC2C(=O)O)nc1C. The molecule has 1 aliphatic carbocycles. The van der Waals surface area contributed by atoms with Crippen molar-refractivity contribution in [3.63, 3.8) is 0 Å². The molecular formula is C14H18N2O4. The number of ether oxygens (including phenoxy) is 1. The number of nitrogens with zero attached hydrogens (tertiary/aromatic N) is 1. The zero-order valence-corrected chi connectivity index (χ0v) is 11.5. The number of methoxy groups -OCH3 is 1. The van der Waals surface area contributed by atoms with Crippen LogP contribution in [0.3, 0.4) is 0 Å². The van der Waals surface area contributed by atoms with Crippen molar-refractivity contribution in [3.8, 4) is 0 Å². The van der Waals surface area contributed by atoms with E-state index in [-0.39, 0.29) is 12.0 Å². The summed E-state index contributed by atoms with van der Waals surface area (Å²) in [7, 11) is 1.32. The normalized spacial score (nSPS) is 21.5. The standard InChI is InChI=1S/C14H18N2O4/c1-8-9(14(19)20-2)6-7-12(15-8)16-11-5-3-4-10(11)13(17)18/h6-7,10-11H,3-5H2,1-2H3,(H,15,16)(H,17,18). The van der Waals surface area contributed by atoms with Crippen molar-refractivity contribution in [2.24, 2.45) is 5.92 Å². The number of anilines is 1. The van der Waals surface area contributed by atoms with Gasteiger partial charge in [0.1, 0.15) is 5.82 Å². The van der Waals surface area contributed by atoms with E-state index in [9.17, 15) is 9.59 Å². The highest BCUT2D eigenvalue weighted by atomic mass is 16.5. The van der Waals surface area contributed by atoms with Crippen LogP contribution in [0.4, 0.5) is 5.82 Å². The quantitative estimate of drug-likeness (QED) is 0.817. The molecular weight excluding hydrogens is 260 g/mol. The van der Waals surface area contributed by atoms with Crippen LogP contribution in [-0.4, -0.2) is 35.2 Å². The summed E-state index contributed by atoms with van der Waals surface area (Å²) >= 11 is 0. The third-order valence-electron chi connectivity index (χ3n) is 3.66. The minimum Gasteiger partial charge on any atom is -0.481 e. The third kappa shape index (κ3) is 2.89. The largest absolute Gasteiger partial charge is 0.481 e. The number of carboxylic acid groups (broad SMARTS) is 1. The zero-order chi connectivity index (χ0) is 14.7. The monoisotopic (exact) mass is 278 g/mol. The summed E-state index contributed by atoms with van der Waals surface area (Å²) in [6, 6.07) is 3.21. The number of hydrogen-bond donors (Lipinski definition) is 2. The van der Waals surface area contributed by atoms with Gasteiger partial charge in [0.25, 0.3) is 0 Å². The van der Waals surface area contributed by atoms with Crippen molar-refractivity contribution >= 4 is 17.8 Å². The minimum absolute atomic E-state index is 0.108. The van der Waals surface area contributed by atoms with Crippen LogP contribution in [0.2, 0.25) is 0 Å². The lowest BCUT2D eigenvalue weighted by Gasteiger charge is -2.18. The van der Waals surface area contributed by atoms with Crippen LogP contribution in [-0.2, 0) is 9.53 Å². The smallest absolute Gasteiger partial charge is 0.339 e. The lowest BCUT2D eigenvalue weighted by atomic mass is 10.0. The number of rotatable bonds is 4. The van der Waals surface area contributed by atoms with Crippen LogP contribution in [0.5, 0.6) is 0 Å². The van der Waals surface area contributed by atoms with Crippen LogP contribution in [0.15, 0.2) is 12.1 Å². The second-order valence-corrected chi connectivity index (χ2v) is 4.95. The molecule has 0 aliphatic heterocycles. The van der Waals surface area contributed by atoms with Crippen LogP contribution in [0.1, 0.15) is 35.3 Å². The van der Waals surface area contributed by atoms with Crippen molar-refractivity contribution in [3.05, 3.63) is 23.4 Å². The number of hydrogen-bond acceptors (Lipinski definition) is 5. The van der Waals surface area contributed by atoms with Gasteiger partial charge >= 0.3 is 11.9 Å². The zero-order valence-electron chi connectivity index (χ0n) is 11.5. The van der Waals surface area contributed by atoms with Crippen LogP contribution in [0, 0.1) is 12.8 Å². The number of pyridine rings is 1. The summed E-state index contributed by atoms with van der Waals surface area (Å²) in [5, 5.41) is 12.3. The Morgan fingerprint density at radius 1 is 1.40 bits per heavy atom. The van der Waals surface area contributed by atoms with E-state index in [0.29, 0.717) is 23.5 Å². The van der Waals surface area contributed by atoms with E-state index in [4.69, 9.17) is 5.11 Å². The summed E-state index contributed by atoms with van der Waals surface area (Å²) < 4.78 is 4.66. The Morgan fingerprint density at radius 3 is 2.75 bits per heavy atom. The number of aromatic nitrogens is 1. The number of aryl methyl sites for hydroxylation is 1. The molecule has 108 valence electrons. The van der Waals surface area contributed by atoms with Crippen LogP contribution in [0.25, 0.3) is 0 Å². The van der Waals surface area contributed by atoms with E-state index >= 15 is 0 Å². The van der Waals surface area contributed by atoms with Gasteiger partial charge in [-0.2, -0.15) is 0 Å². The van der Waals surface area contributed by atoms with Crippen LogP contribution < -0.4 is 5.32 Å². The molecule has 2 unspecified atom stereocenters. The molecule has 0 bridgehead atoms. The highest BCUT2D eigenvalue weighted by molar-refractivity contribution is 5.90. The minimum atomic E-state index is -0.775. The third-order valence-corrected chi connectivity index (χ3v) is 3.66. The van der Waals surface area contributed by atoms with E-state index in [1.165, 1.54) is 7.11 Å². The van der Waals surface area contributed by atoms with Gasteiger partial charge in [0.2, 0.25) is 0 Å². The number of carbonyl (C=O) groups is 2. The second-order valence-electron chi connectivity index (χ2n) is 4.95. The van der Waals surface area contributed by atoms with E-state index < -0.39 is 11.9 Å². The number of nitrogens with one attached hydrogen (secondary N) is 1. The first-order chi connectivity index (χ1) is 9.52. The molecule has 1 fully saturated rings. The molecule has 1 saturated carbocycles. The lowest BCUT2D eigenvalue weighted by Crippen LogP contribution is -2.30. The highest BCUT2D eigenvalue weighted by Gasteiger charge is 2.33. The summed E-state index contributed by atoms with van der Waals surface area (Å²) in [5.41, 5.74) is 0.978. The Hall–Kier alpha value is -2.11. The maximum Gasteiger partial charge on any atom is 0.339 e. The van der Waals surface area contributed by atoms with E-state index in [0.717, 1.165) is 12.8 Å². The van der Waals surface area contributed by atoms with Gasteiger partial charge in [-0.3, -0.25) is 4.79 Å². The van der Waals surface area contributed by atoms with E-state index in [2.05, 4.69) is 15.0 Å². The van der Waals surface area contributed by atoms with Crippen molar-refractivity contribution in [1.29, 1.82) is 0 Å². The van der Waals surface area contributed by atoms with E-state index in [1.54, 1.807) is 19.1 Å². The van der Waals surface area contributed by atoms with Crippen molar-refractivity contribution in [1.82, 2.24) is 4.98 Å². The van der Waals surface area contributed by atoms with Gasteiger partial charge in [-0.15, -0.1) is 0 Å². The first-order valence-electron chi connectivity index (χ1n) is 6.58. The first kappa shape index (κ1) is 14.3. The van der Waals surface area contributed by atoms with Crippen molar-refractivity contribution in [2.45, 2.75) is 32.2 Å². The van der Waals surface area contributed by atoms with Gasteiger partial charge in [-0.05, 0) is 31.9 Å². The Balaban J connectivity index is 2.12. The first-order valence-corrected chi connectivity index (χ1v) is 6.58. The van der Waals surface area contributed by atoms with Gasteiger partial charge in [0.15, 0.2) is 0 Å². The molecule has 6 heteroatoms. The van der Waals surface area contributed by atoms with Gasteiger partial charge in [-0.25, -0.2) is 9.78 Å². The topological polar surface area (TPSA) is 88.5 Å². The maximum atomic E-state index is 11.5. The Bertz CT molecular complexity index is 530. The molecule has 1 aromatic rings.